The highest BCUT2D eigenvalue weighted by atomic mass is 35.5. The van der Waals surface area contributed by atoms with Crippen LogP contribution in [0.5, 0.6) is 5.75 Å². The second-order valence-electron chi connectivity index (χ2n) is 5.39. The highest BCUT2D eigenvalue weighted by Crippen LogP contribution is 2.34. The Labute approximate surface area is 155 Å². The van der Waals surface area contributed by atoms with E-state index in [0.29, 0.717) is 17.7 Å². The monoisotopic (exact) mass is 396 g/mol. The fraction of sp³-hybridized carbons (Fsp3) is 0.118. The lowest BCUT2D eigenvalue weighted by atomic mass is 10.1. The Bertz CT molecular complexity index is 1030. The van der Waals surface area contributed by atoms with Gasteiger partial charge in [-0.1, -0.05) is 28.9 Å². The second-order valence-corrected chi connectivity index (χ2v) is 5.80. The molecule has 138 valence electrons. The Balaban J connectivity index is 1.85. The highest BCUT2D eigenvalue weighted by Gasteiger charge is 2.32. The van der Waals surface area contributed by atoms with E-state index < -0.39 is 29.2 Å². The molecule has 0 radical (unpaired) electrons. The molecule has 1 heterocycles. The number of nitriles is 1. The number of benzene rings is 2. The van der Waals surface area contributed by atoms with Crippen molar-refractivity contribution in [1.82, 2.24) is 15.4 Å². The van der Waals surface area contributed by atoms with Gasteiger partial charge in [0.2, 0.25) is 0 Å². The van der Waals surface area contributed by atoms with Crippen molar-refractivity contribution in [2.45, 2.75) is 12.8 Å². The summed E-state index contributed by atoms with van der Waals surface area (Å²) in [6, 6.07) is 9.34. The van der Waals surface area contributed by atoms with E-state index in [9.17, 15) is 17.6 Å². The maximum absolute atomic E-state index is 14.0. The number of aromatic amines is 1. The molecule has 0 fully saturated rings. The third-order valence-electron chi connectivity index (χ3n) is 3.59. The lowest BCUT2D eigenvalue weighted by Crippen LogP contribution is -2.08. The van der Waals surface area contributed by atoms with Crippen LogP contribution < -0.4 is 4.74 Å². The van der Waals surface area contributed by atoms with Crippen LogP contribution in [0.25, 0.3) is 11.3 Å². The van der Waals surface area contributed by atoms with Gasteiger partial charge in [-0.25, -0.2) is 9.49 Å². The normalized spacial score (nSPS) is 11.3. The Morgan fingerprint density at radius 3 is 2.70 bits per heavy atom. The van der Waals surface area contributed by atoms with Crippen molar-refractivity contribution in [2.24, 2.45) is 0 Å². The van der Waals surface area contributed by atoms with Crippen LogP contribution in [0.3, 0.4) is 0 Å². The number of nitrogens with zero attached hydrogens (tertiary/aromatic N) is 3. The molecule has 0 unspecified atom stereocenters. The number of rotatable bonds is 4. The third-order valence-corrected chi connectivity index (χ3v) is 3.87. The molecule has 1 N–H and O–H groups in total. The van der Waals surface area contributed by atoms with Crippen molar-refractivity contribution in [1.29, 1.82) is 5.26 Å². The Kier molecular flexibility index (Phi) is 5.01. The van der Waals surface area contributed by atoms with E-state index in [-0.39, 0.29) is 22.7 Å². The third kappa shape index (κ3) is 4.01. The van der Waals surface area contributed by atoms with E-state index in [0.717, 1.165) is 0 Å². The zero-order valence-electron chi connectivity index (χ0n) is 13.3. The number of aromatic nitrogens is 3. The molecule has 0 aliphatic rings. The van der Waals surface area contributed by atoms with Gasteiger partial charge in [0.05, 0.1) is 10.6 Å². The van der Waals surface area contributed by atoms with Gasteiger partial charge in [0.1, 0.15) is 29.9 Å². The summed E-state index contributed by atoms with van der Waals surface area (Å²) in [6.07, 6.45) is -4.66. The van der Waals surface area contributed by atoms with E-state index in [1.54, 1.807) is 12.1 Å². The van der Waals surface area contributed by atoms with Crippen molar-refractivity contribution in [3.8, 4) is 23.1 Å². The first-order valence-electron chi connectivity index (χ1n) is 7.39. The molecule has 0 aliphatic carbocycles. The summed E-state index contributed by atoms with van der Waals surface area (Å²) in [7, 11) is 0. The molecular weight excluding hydrogens is 388 g/mol. The average Bonchev–Trinajstić information content (AvgIpc) is 3.11. The fourth-order valence-electron chi connectivity index (χ4n) is 2.32. The molecule has 1 aromatic heterocycles. The predicted octanol–water partition coefficient (Wildman–Crippen LogP) is 4.73. The van der Waals surface area contributed by atoms with Gasteiger partial charge >= 0.3 is 6.18 Å². The predicted molar refractivity (Wildman–Crippen MR) is 87.3 cm³/mol. The average molecular weight is 397 g/mol. The molecule has 3 aromatic rings. The molecule has 0 saturated heterocycles. The molecule has 5 nitrogen and oxygen atoms in total. The minimum Gasteiger partial charge on any atom is -0.489 e. The molecule has 27 heavy (non-hydrogen) atoms. The topological polar surface area (TPSA) is 74.6 Å². The maximum atomic E-state index is 14.0. The summed E-state index contributed by atoms with van der Waals surface area (Å²) in [5, 5.41) is 18.1. The molecule has 0 amide bonds. The number of halogens is 5. The Morgan fingerprint density at radius 1 is 1.22 bits per heavy atom. The Hall–Kier alpha value is -3.12. The summed E-state index contributed by atoms with van der Waals surface area (Å²) >= 11 is 5.55. The van der Waals surface area contributed by atoms with Crippen LogP contribution in [0.1, 0.15) is 16.8 Å². The summed E-state index contributed by atoms with van der Waals surface area (Å²) in [4.78, 5) is 0. The number of nitrogens with one attached hydrogen (secondary N) is 1. The van der Waals surface area contributed by atoms with Crippen LogP contribution in [-0.4, -0.2) is 15.4 Å². The van der Waals surface area contributed by atoms with Crippen molar-refractivity contribution in [2.75, 3.05) is 0 Å². The molecule has 0 saturated carbocycles. The second kappa shape index (κ2) is 7.25. The van der Waals surface area contributed by atoms with Gasteiger partial charge in [-0.05, 0) is 24.3 Å². The van der Waals surface area contributed by atoms with Crippen LogP contribution in [0, 0.1) is 17.1 Å². The molecule has 3 rings (SSSR count). The minimum absolute atomic E-state index is 0.142. The fourth-order valence-corrected chi connectivity index (χ4v) is 2.56. The summed E-state index contributed by atoms with van der Waals surface area (Å²) in [5.41, 5.74) is -0.471. The van der Waals surface area contributed by atoms with Gasteiger partial charge in [-0.2, -0.15) is 18.4 Å². The van der Waals surface area contributed by atoms with Crippen LogP contribution >= 0.6 is 11.6 Å². The van der Waals surface area contributed by atoms with E-state index in [1.165, 1.54) is 12.1 Å². The van der Waals surface area contributed by atoms with Crippen molar-refractivity contribution >= 4 is 11.6 Å². The molecule has 0 atom stereocenters. The standard InChI is InChI=1S/C17H9ClF4N4O/c18-13-6-11(17(20,21)22)4-10(15(13)19)8-27-12-3-1-2-9(5-12)16-14(7-23)24-26-25-16/h1-6H,8H2,(H,24,25,26). The van der Waals surface area contributed by atoms with Gasteiger partial charge in [0, 0.05) is 11.1 Å². The van der Waals surface area contributed by atoms with Crippen molar-refractivity contribution in [3.63, 3.8) is 0 Å². The van der Waals surface area contributed by atoms with Gasteiger partial charge in [0.25, 0.3) is 0 Å². The largest absolute Gasteiger partial charge is 0.489 e. The van der Waals surface area contributed by atoms with Crippen molar-refractivity contribution < 1.29 is 22.3 Å². The lowest BCUT2D eigenvalue weighted by Gasteiger charge is -2.12. The van der Waals surface area contributed by atoms with Crippen molar-refractivity contribution in [3.05, 3.63) is 64.1 Å². The quantitative estimate of drug-likeness (QED) is 0.647. The number of alkyl halides is 3. The van der Waals surface area contributed by atoms with E-state index in [4.69, 9.17) is 21.6 Å². The first-order chi connectivity index (χ1) is 12.8. The van der Waals surface area contributed by atoms with E-state index in [2.05, 4.69) is 15.4 Å². The minimum atomic E-state index is -4.66. The first-order valence-corrected chi connectivity index (χ1v) is 7.77. The maximum Gasteiger partial charge on any atom is 0.416 e. The smallest absolute Gasteiger partial charge is 0.416 e. The molecule has 0 aliphatic heterocycles. The van der Waals surface area contributed by atoms with Crippen LogP contribution in [0.2, 0.25) is 5.02 Å². The molecule has 10 heteroatoms. The summed E-state index contributed by atoms with van der Waals surface area (Å²) < 4.78 is 58.0. The molecular formula is C17H9ClF4N4O. The number of hydrogen-bond acceptors (Lipinski definition) is 4. The summed E-state index contributed by atoms with van der Waals surface area (Å²) in [5.74, 6) is -0.739. The zero-order valence-corrected chi connectivity index (χ0v) is 14.1. The van der Waals surface area contributed by atoms with Crippen LogP contribution in [0.4, 0.5) is 17.6 Å². The zero-order chi connectivity index (χ0) is 19.6. The number of hydrogen-bond donors (Lipinski definition) is 1. The van der Waals surface area contributed by atoms with Gasteiger partial charge in [-0.3, -0.25) is 0 Å². The number of H-pyrrole nitrogens is 1. The molecule has 2 aromatic carbocycles. The van der Waals surface area contributed by atoms with Gasteiger partial charge in [-0.15, -0.1) is 5.10 Å². The van der Waals surface area contributed by atoms with Crippen LogP contribution in [0.15, 0.2) is 36.4 Å². The molecule has 0 spiro atoms. The SMILES string of the molecule is N#Cc1[nH]nnc1-c1cccc(OCc2cc(C(F)(F)F)cc(Cl)c2F)c1. The van der Waals surface area contributed by atoms with E-state index in [1.807, 2.05) is 6.07 Å². The number of ether oxygens (including phenoxy) is 1. The van der Waals surface area contributed by atoms with Crippen LogP contribution in [-0.2, 0) is 12.8 Å². The lowest BCUT2D eigenvalue weighted by molar-refractivity contribution is -0.137. The summed E-state index contributed by atoms with van der Waals surface area (Å²) in [6.45, 7) is -0.469. The van der Waals surface area contributed by atoms with E-state index >= 15 is 0 Å². The highest BCUT2D eigenvalue weighted by molar-refractivity contribution is 6.30. The van der Waals surface area contributed by atoms with Gasteiger partial charge in [0.15, 0.2) is 5.69 Å². The first kappa shape index (κ1) is 18.7. The van der Waals surface area contributed by atoms with Gasteiger partial charge < -0.3 is 4.74 Å². The Morgan fingerprint density at radius 2 is 2.00 bits per heavy atom. The molecule has 0 bridgehead atoms.